The number of rotatable bonds is 7. The minimum atomic E-state index is -0.0564. The maximum absolute atomic E-state index is 12.2. The van der Waals surface area contributed by atoms with Gasteiger partial charge in [-0.2, -0.15) is 5.10 Å². The van der Waals surface area contributed by atoms with E-state index in [1.54, 1.807) is 22.8 Å². The molecule has 1 aromatic heterocycles. The van der Waals surface area contributed by atoms with E-state index < -0.39 is 0 Å². The molecule has 0 aliphatic rings. The van der Waals surface area contributed by atoms with Crippen molar-refractivity contribution in [2.75, 3.05) is 5.75 Å². The minimum absolute atomic E-state index is 0.0184. The first-order valence-corrected chi connectivity index (χ1v) is 9.71. The lowest BCUT2D eigenvalue weighted by atomic mass is 10.1. The third-order valence-corrected chi connectivity index (χ3v) is 5.08. The number of hydrogen-bond acceptors (Lipinski definition) is 4. The molecule has 1 amide bonds. The van der Waals surface area contributed by atoms with Crippen molar-refractivity contribution in [1.82, 2.24) is 20.1 Å². The van der Waals surface area contributed by atoms with Crippen LogP contribution < -0.4 is 5.32 Å². The molecule has 3 rings (SSSR count). The maximum atomic E-state index is 12.2. The normalized spacial score (nSPS) is 11.9. The molecule has 7 heteroatoms. The van der Waals surface area contributed by atoms with Gasteiger partial charge >= 0.3 is 0 Å². The van der Waals surface area contributed by atoms with Gasteiger partial charge in [-0.05, 0) is 42.3 Å². The van der Waals surface area contributed by atoms with E-state index in [1.165, 1.54) is 6.33 Å². The van der Waals surface area contributed by atoms with E-state index in [-0.39, 0.29) is 11.9 Å². The lowest BCUT2D eigenvalue weighted by molar-refractivity contribution is -0.119. The predicted molar refractivity (Wildman–Crippen MR) is 106 cm³/mol. The fraction of sp³-hybridized carbons (Fsp3) is 0.211. The Morgan fingerprint density at radius 2 is 2.08 bits per heavy atom. The van der Waals surface area contributed by atoms with Crippen molar-refractivity contribution >= 4 is 29.3 Å². The highest BCUT2D eigenvalue weighted by Crippen LogP contribution is 2.18. The van der Waals surface area contributed by atoms with Crippen molar-refractivity contribution in [3.05, 3.63) is 77.3 Å². The number of halogens is 1. The molecule has 5 nitrogen and oxygen atoms in total. The Hall–Kier alpha value is -2.31. The zero-order chi connectivity index (χ0) is 18.4. The van der Waals surface area contributed by atoms with Gasteiger partial charge in [0, 0.05) is 10.8 Å². The summed E-state index contributed by atoms with van der Waals surface area (Å²) in [4.78, 5) is 16.1. The van der Waals surface area contributed by atoms with Crippen LogP contribution in [-0.2, 0) is 10.5 Å². The highest BCUT2D eigenvalue weighted by Gasteiger charge is 2.10. The van der Waals surface area contributed by atoms with Gasteiger partial charge in [0.2, 0.25) is 5.91 Å². The molecule has 1 atom stereocenters. The van der Waals surface area contributed by atoms with Gasteiger partial charge in [0.25, 0.3) is 0 Å². The zero-order valence-corrected chi connectivity index (χ0v) is 15.9. The largest absolute Gasteiger partial charge is 0.349 e. The lowest BCUT2D eigenvalue weighted by Crippen LogP contribution is -2.28. The maximum Gasteiger partial charge on any atom is 0.230 e. The molecule has 0 saturated heterocycles. The molecule has 0 spiro atoms. The van der Waals surface area contributed by atoms with Crippen molar-refractivity contribution in [2.24, 2.45) is 0 Å². The number of carbonyl (C=O) groups excluding carboxylic acids is 1. The first kappa shape index (κ1) is 18.5. The summed E-state index contributed by atoms with van der Waals surface area (Å²) >= 11 is 7.54. The Kier molecular flexibility index (Phi) is 6.30. The van der Waals surface area contributed by atoms with E-state index >= 15 is 0 Å². The third-order valence-electron chi connectivity index (χ3n) is 3.84. The van der Waals surface area contributed by atoms with E-state index in [0.29, 0.717) is 5.75 Å². The van der Waals surface area contributed by atoms with Crippen LogP contribution in [0.25, 0.3) is 5.69 Å². The molecule has 0 bridgehead atoms. The van der Waals surface area contributed by atoms with Crippen molar-refractivity contribution < 1.29 is 4.79 Å². The summed E-state index contributed by atoms with van der Waals surface area (Å²) in [6.45, 7) is 1.98. The van der Waals surface area contributed by atoms with Crippen molar-refractivity contribution in [3.8, 4) is 5.69 Å². The highest BCUT2D eigenvalue weighted by atomic mass is 35.5. The molecule has 0 aliphatic heterocycles. The average Bonchev–Trinajstić information content (AvgIpc) is 3.16. The Bertz CT molecular complexity index is 852. The molecule has 3 aromatic rings. The van der Waals surface area contributed by atoms with E-state index in [1.807, 2.05) is 55.5 Å². The second-order valence-electron chi connectivity index (χ2n) is 5.84. The number of amides is 1. The second kappa shape index (κ2) is 8.87. The Morgan fingerprint density at radius 1 is 1.27 bits per heavy atom. The summed E-state index contributed by atoms with van der Waals surface area (Å²) < 4.78 is 1.69. The number of thioether (sulfide) groups is 1. The van der Waals surface area contributed by atoms with Crippen LogP contribution in [0.3, 0.4) is 0 Å². The quantitative estimate of drug-likeness (QED) is 0.666. The van der Waals surface area contributed by atoms with Gasteiger partial charge in [0.05, 0.1) is 17.5 Å². The summed E-state index contributed by atoms with van der Waals surface area (Å²) in [5.74, 6) is 1.19. The van der Waals surface area contributed by atoms with Gasteiger partial charge in [0.15, 0.2) is 0 Å². The molecular weight excluding hydrogens is 368 g/mol. The monoisotopic (exact) mass is 386 g/mol. The molecule has 134 valence electrons. The van der Waals surface area contributed by atoms with Gasteiger partial charge in [-0.3, -0.25) is 4.79 Å². The molecule has 2 aromatic carbocycles. The van der Waals surface area contributed by atoms with Crippen LogP contribution in [-0.4, -0.2) is 26.4 Å². The molecule has 0 aliphatic carbocycles. The van der Waals surface area contributed by atoms with E-state index in [9.17, 15) is 4.79 Å². The summed E-state index contributed by atoms with van der Waals surface area (Å²) in [5.41, 5.74) is 3.09. The third kappa shape index (κ3) is 5.09. The molecule has 1 N–H and O–H groups in total. The smallest absolute Gasteiger partial charge is 0.230 e. The fourth-order valence-corrected chi connectivity index (χ4v) is 3.51. The fourth-order valence-electron chi connectivity index (χ4n) is 2.51. The highest BCUT2D eigenvalue weighted by molar-refractivity contribution is 7.99. The van der Waals surface area contributed by atoms with E-state index in [4.69, 9.17) is 11.6 Å². The SMILES string of the molecule is CC(NC(=O)CSCc1cccc(Cl)c1)c1ccc(-n2cncn2)cc1. The van der Waals surface area contributed by atoms with E-state index in [0.717, 1.165) is 27.6 Å². The average molecular weight is 387 g/mol. The van der Waals surface area contributed by atoms with Crippen LogP contribution in [0.5, 0.6) is 0 Å². The molecule has 0 radical (unpaired) electrons. The van der Waals surface area contributed by atoms with Gasteiger partial charge in [-0.1, -0.05) is 35.9 Å². The number of hydrogen-bond donors (Lipinski definition) is 1. The Morgan fingerprint density at radius 3 is 2.77 bits per heavy atom. The summed E-state index contributed by atoms with van der Waals surface area (Å²) in [7, 11) is 0. The van der Waals surface area contributed by atoms with Crippen LogP contribution in [0.2, 0.25) is 5.02 Å². The summed E-state index contributed by atoms with van der Waals surface area (Å²) in [6, 6.07) is 15.5. The topological polar surface area (TPSA) is 59.8 Å². The van der Waals surface area contributed by atoms with Gasteiger partial charge in [0.1, 0.15) is 12.7 Å². The molecular formula is C19H19ClN4OS. The number of nitrogens with one attached hydrogen (secondary N) is 1. The zero-order valence-electron chi connectivity index (χ0n) is 14.3. The van der Waals surface area contributed by atoms with Crippen molar-refractivity contribution in [2.45, 2.75) is 18.7 Å². The number of benzene rings is 2. The molecule has 1 unspecified atom stereocenters. The molecule has 0 saturated carbocycles. The molecule has 0 fully saturated rings. The standard InChI is InChI=1S/C19H19ClN4OS/c1-14(16-5-7-18(8-6-16)24-13-21-12-22-24)23-19(25)11-26-10-15-3-2-4-17(20)9-15/h2-9,12-14H,10-11H2,1H3,(H,23,25). The number of carbonyl (C=O) groups is 1. The second-order valence-corrected chi connectivity index (χ2v) is 7.27. The summed E-state index contributed by atoms with van der Waals surface area (Å²) in [6.07, 6.45) is 3.15. The van der Waals surface area contributed by atoms with Crippen molar-refractivity contribution in [1.29, 1.82) is 0 Å². The first-order valence-electron chi connectivity index (χ1n) is 8.18. The van der Waals surface area contributed by atoms with Gasteiger partial charge in [-0.15, -0.1) is 11.8 Å². The minimum Gasteiger partial charge on any atom is -0.349 e. The predicted octanol–water partition coefficient (Wildman–Crippen LogP) is 4.03. The first-order chi connectivity index (χ1) is 12.6. The lowest BCUT2D eigenvalue weighted by Gasteiger charge is -2.15. The summed E-state index contributed by atoms with van der Waals surface area (Å²) in [5, 5.41) is 7.84. The van der Waals surface area contributed by atoms with Crippen LogP contribution in [0, 0.1) is 0 Å². The molecule has 1 heterocycles. The van der Waals surface area contributed by atoms with Crippen molar-refractivity contribution in [3.63, 3.8) is 0 Å². The number of aromatic nitrogens is 3. The van der Waals surface area contributed by atoms with Gasteiger partial charge in [-0.25, -0.2) is 9.67 Å². The van der Waals surface area contributed by atoms with Crippen LogP contribution in [0.1, 0.15) is 24.1 Å². The Labute approximate surface area is 161 Å². The number of nitrogens with zero attached hydrogens (tertiary/aromatic N) is 3. The van der Waals surface area contributed by atoms with Crippen LogP contribution >= 0.6 is 23.4 Å². The van der Waals surface area contributed by atoms with Crippen LogP contribution in [0.4, 0.5) is 0 Å². The Balaban J connectivity index is 1.47. The van der Waals surface area contributed by atoms with Crippen LogP contribution in [0.15, 0.2) is 61.2 Å². The van der Waals surface area contributed by atoms with E-state index in [2.05, 4.69) is 15.4 Å². The molecule has 26 heavy (non-hydrogen) atoms. The van der Waals surface area contributed by atoms with Gasteiger partial charge < -0.3 is 5.32 Å².